The van der Waals surface area contributed by atoms with Crippen LogP contribution in [-0.4, -0.2) is 35.7 Å². The predicted octanol–water partition coefficient (Wildman–Crippen LogP) is 3.99. The second-order valence-corrected chi connectivity index (χ2v) is 6.96. The first-order valence-electron chi connectivity index (χ1n) is 9.89. The van der Waals surface area contributed by atoms with Gasteiger partial charge in [-0.25, -0.2) is 0 Å². The summed E-state index contributed by atoms with van der Waals surface area (Å²) in [5.41, 5.74) is 2.62. The van der Waals surface area contributed by atoms with Gasteiger partial charge in [-0.05, 0) is 44.0 Å². The van der Waals surface area contributed by atoms with Gasteiger partial charge in [0.25, 0.3) is 0 Å². The first kappa shape index (κ1) is 19.0. The summed E-state index contributed by atoms with van der Waals surface area (Å²) in [7, 11) is 0. The van der Waals surface area contributed by atoms with Gasteiger partial charge in [-0.1, -0.05) is 17.3 Å². The third-order valence-electron chi connectivity index (χ3n) is 5.11. The summed E-state index contributed by atoms with van der Waals surface area (Å²) in [5.74, 6) is 1.02. The van der Waals surface area contributed by atoms with Crippen LogP contribution in [0.15, 0.2) is 59.4 Å². The number of para-hydroxylation sites is 1. The molecule has 1 N–H and O–H groups in total. The topological polar surface area (TPSA) is 80.5 Å². The predicted molar refractivity (Wildman–Crippen MR) is 111 cm³/mol. The number of hydrogen-bond acceptors (Lipinski definition) is 6. The van der Waals surface area contributed by atoms with Crippen LogP contribution in [0.2, 0.25) is 0 Å². The molecule has 4 rings (SSSR count). The molecule has 1 aliphatic heterocycles. The molecule has 1 aliphatic rings. The lowest BCUT2D eigenvalue weighted by Gasteiger charge is -2.32. The van der Waals surface area contributed by atoms with E-state index >= 15 is 0 Å². The lowest BCUT2D eigenvalue weighted by Crippen LogP contribution is -2.38. The minimum absolute atomic E-state index is 0.0276. The summed E-state index contributed by atoms with van der Waals surface area (Å²) in [6, 6.07) is 13.4. The van der Waals surface area contributed by atoms with Gasteiger partial charge in [0.2, 0.25) is 11.8 Å². The van der Waals surface area contributed by atoms with Crippen molar-refractivity contribution in [3.05, 3.63) is 54.9 Å². The van der Waals surface area contributed by atoms with E-state index in [-0.39, 0.29) is 11.8 Å². The molecular weight excluding hydrogens is 368 g/mol. The molecule has 0 radical (unpaired) electrons. The van der Waals surface area contributed by atoms with Crippen molar-refractivity contribution in [3.8, 4) is 17.0 Å². The number of carbonyl (C=O) groups is 1. The molecule has 1 amide bonds. The number of anilines is 2. The van der Waals surface area contributed by atoms with Crippen LogP contribution in [0, 0.1) is 5.92 Å². The molecule has 3 aromatic rings. The molecule has 3 heterocycles. The summed E-state index contributed by atoms with van der Waals surface area (Å²) in [5, 5.41) is 6.97. The zero-order valence-corrected chi connectivity index (χ0v) is 16.4. The summed E-state index contributed by atoms with van der Waals surface area (Å²) in [6.45, 7) is 4.18. The smallest absolute Gasteiger partial charge is 0.231 e. The van der Waals surface area contributed by atoms with Crippen LogP contribution in [0.5, 0.6) is 5.75 Å². The highest BCUT2D eigenvalue weighted by atomic mass is 16.5. The van der Waals surface area contributed by atoms with Gasteiger partial charge >= 0.3 is 0 Å². The van der Waals surface area contributed by atoms with Crippen LogP contribution >= 0.6 is 0 Å². The molecular formula is C22H24N4O3. The van der Waals surface area contributed by atoms with Crippen LogP contribution in [0.1, 0.15) is 19.8 Å². The van der Waals surface area contributed by atoms with Crippen molar-refractivity contribution in [2.45, 2.75) is 19.8 Å². The van der Waals surface area contributed by atoms with Crippen molar-refractivity contribution < 1.29 is 14.1 Å². The van der Waals surface area contributed by atoms with Crippen molar-refractivity contribution in [3.63, 3.8) is 0 Å². The van der Waals surface area contributed by atoms with Gasteiger partial charge in [0, 0.05) is 48.7 Å². The first-order valence-corrected chi connectivity index (χ1v) is 9.89. The molecule has 0 bridgehead atoms. The number of rotatable bonds is 6. The molecule has 0 aliphatic carbocycles. The fourth-order valence-corrected chi connectivity index (χ4v) is 3.60. The number of nitrogens with zero attached hydrogens (tertiary/aromatic N) is 3. The first-order chi connectivity index (χ1) is 14.2. The lowest BCUT2D eigenvalue weighted by atomic mass is 9.95. The van der Waals surface area contributed by atoms with E-state index in [1.165, 1.54) is 0 Å². The minimum atomic E-state index is -0.0441. The number of aromatic nitrogens is 2. The normalized spacial score (nSPS) is 14.6. The number of amides is 1. The van der Waals surface area contributed by atoms with E-state index < -0.39 is 0 Å². The second kappa shape index (κ2) is 8.77. The Kier molecular flexibility index (Phi) is 5.74. The van der Waals surface area contributed by atoms with Crippen LogP contribution in [0.4, 0.5) is 11.6 Å². The second-order valence-electron chi connectivity index (χ2n) is 6.96. The quantitative estimate of drug-likeness (QED) is 0.683. The van der Waals surface area contributed by atoms with E-state index in [1.807, 2.05) is 43.3 Å². The maximum atomic E-state index is 12.7. The number of nitrogens with one attached hydrogen (secondary N) is 1. The molecule has 0 saturated carbocycles. The average molecular weight is 392 g/mol. The molecule has 7 nitrogen and oxygen atoms in total. The zero-order valence-electron chi connectivity index (χ0n) is 16.4. The third-order valence-corrected chi connectivity index (χ3v) is 5.11. The molecule has 1 aromatic carbocycles. The fraction of sp³-hybridized carbons (Fsp3) is 0.318. The SMILES string of the molecule is CCOc1ccccc1-c1cc(NC(=O)C2CCN(c3ccncc3)CC2)on1. The average Bonchev–Trinajstić information content (AvgIpc) is 3.23. The van der Waals surface area contributed by atoms with E-state index in [9.17, 15) is 4.79 Å². The maximum Gasteiger partial charge on any atom is 0.231 e. The summed E-state index contributed by atoms with van der Waals surface area (Å²) < 4.78 is 11.0. The van der Waals surface area contributed by atoms with Gasteiger partial charge in [0.05, 0.1) is 6.61 Å². The number of benzene rings is 1. The molecule has 0 atom stereocenters. The van der Waals surface area contributed by atoms with Gasteiger partial charge in [-0.3, -0.25) is 15.1 Å². The number of ether oxygens (including phenoxy) is 1. The minimum Gasteiger partial charge on any atom is -0.493 e. The molecule has 0 unspecified atom stereocenters. The maximum absolute atomic E-state index is 12.7. The van der Waals surface area contributed by atoms with Crippen molar-refractivity contribution in [1.82, 2.24) is 10.1 Å². The highest BCUT2D eigenvalue weighted by Crippen LogP contribution is 2.31. The Bertz CT molecular complexity index is 949. The van der Waals surface area contributed by atoms with Gasteiger partial charge in [-0.2, -0.15) is 0 Å². The number of hydrogen-bond donors (Lipinski definition) is 1. The Morgan fingerprint density at radius 2 is 1.97 bits per heavy atom. The van der Waals surface area contributed by atoms with Crippen LogP contribution in [-0.2, 0) is 4.79 Å². The molecule has 1 saturated heterocycles. The molecule has 29 heavy (non-hydrogen) atoms. The van der Waals surface area contributed by atoms with Crippen LogP contribution in [0.3, 0.4) is 0 Å². The third kappa shape index (κ3) is 4.39. The van der Waals surface area contributed by atoms with E-state index in [0.717, 1.165) is 42.9 Å². The van der Waals surface area contributed by atoms with Gasteiger partial charge in [-0.15, -0.1) is 0 Å². The van der Waals surface area contributed by atoms with Crippen LogP contribution < -0.4 is 15.0 Å². The number of piperidine rings is 1. The van der Waals surface area contributed by atoms with Gasteiger partial charge in [0.1, 0.15) is 11.4 Å². The highest BCUT2D eigenvalue weighted by molar-refractivity contribution is 5.92. The molecule has 1 fully saturated rings. The molecule has 150 valence electrons. The van der Waals surface area contributed by atoms with Crippen LogP contribution in [0.25, 0.3) is 11.3 Å². The van der Waals surface area contributed by atoms with E-state index in [0.29, 0.717) is 18.2 Å². The van der Waals surface area contributed by atoms with E-state index in [1.54, 1.807) is 18.5 Å². The highest BCUT2D eigenvalue weighted by Gasteiger charge is 2.26. The Morgan fingerprint density at radius 1 is 1.21 bits per heavy atom. The number of pyridine rings is 1. The Balaban J connectivity index is 1.37. The van der Waals surface area contributed by atoms with Crippen molar-refractivity contribution in [2.24, 2.45) is 5.92 Å². The fourth-order valence-electron chi connectivity index (χ4n) is 3.60. The molecule has 0 spiro atoms. The Morgan fingerprint density at radius 3 is 2.72 bits per heavy atom. The Hall–Kier alpha value is -3.35. The van der Waals surface area contributed by atoms with E-state index in [2.05, 4.69) is 20.4 Å². The van der Waals surface area contributed by atoms with Gasteiger partial charge in [0.15, 0.2) is 0 Å². The molecule has 2 aromatic heterocycles. The zero-order chi connectivity index (χ0) is 20.1. The van der Waals surface area contributed by atoms with E-state index in [4.69, 9.17) is 9.26 Å². The standard InChI is InChI=1S/C22H24N4O3/c1-2-28-20-6-4-3-5-18(20)19-15-21(29-25-19)24-22(27)16-9-13-26(14-10-16)17-7-11-23-12-8-17/h3-8,11-12,15-16H,2,9-10,13-14H2,1H3,(H,24,27). The number of carbonyl (C=O) groups excluding carboxylic acids is 1. The monoisotopic (exact) mass is 392 g/mol. The van der Waals surface area contributed by atoms with Crippen molar-refractivity contribution >= 4 is 17.5 Å². The van der Waals surface area contributed by atoms with Crippen molar-refractivity contribution in [1.29, 1.82) is 0 Å². The molecule has 7 heteroatoms. The summed E-state index contributed by atoms with van der Waals surface area (Å²) in [6.07, 6.45) is 5.17. The van der Waals surface area contributed by atoms with Gasteiger partial charge < -0.3 is 14.2 Å². The largest absolute Gasteiger partial charge is 0.493 e. The summed E-state index contributed by atoms with van der Waals surface area (Å²) >= 11 is 0. The summed E-state index contributed by atoms with van der Waals surface area (Å²) in [4.78, 5) is 19.0. The van der Waals surface area contributed by atoms with Crippen molar-refractivity contribution in [2.75, 3.05) is 29.9 Å². The Labute approximate surface area is 169 Å². The lowest BCUT2D eigenvalue weighted by molar-refractivity contribution is -0.120.